The number of phenols is 2. The Morgan fingerprint density at radius 2 is 1.79 bits per heavy atom. The second-order valence-corrected chi connectivity index (χ2v) is 9.34. The van der Waals surface area contributed by atoms with Crippen LogP contribution in [0, 0.1) is 24.0 Å². The lowest BCUT2D eigenvalue weighted by atomic mass is 10.0. The van der Waals surface area contributed by atoms with Gasteiger partial charge in [-0.3, -0.25) is 15.1 Å². The molecule has 9 heteroatoms. The van der Waals surface area contributed by atoms with Crippen LogP contribution in [-0.2, 0) is 6.42 Å². The van der Waals surface area contributed by atoms with Gasteiger partial charge in [-0.1, -0.05) is 35.9 Å². The Hall–Kier alpha value is -4.69. The third-order valence-corrected chi connectivity index (χ3v) is 6.69. The molecular weight excluding hydrogens is 506 g/mol. The number of para-hydroxylation sites is 1. The first-order valence-electron chi connectivity index (χ1n) is 11.7. The maximum absolute atomic E-state index is 11.6. The van der Waals surface area contributed by atoms with Crippen LogP contribution in [0.1, 0.15) is 27.8 Å². The number of nitro benzene ring substituents is 1. The summed E-state index contributed by atoms with van der Waals surface area (Å²) in [6, 6.07) is 18.8. The average molecular weight is 528 g/mol. The van der Waals surface area contributed by atoms with E-state index in [0.717, 1.165) is 16.7 Å². The molecule has 0 bridgehead atoms. The van der Waals surface area contributed by atoms with Crippen molar-refractivity contribution in [2.45, 2.75) is 20.3 Å². The Kier molecular flexibility index (Phi) is 6.57. The summed E-state index contributed by atoms with van der Waals surface area (Å²) in [5.74, 6) is -0.466. The standard InChI is InChI=1S/C29H22ClN3O5/c1-16-10-24-26(11-17(16)2)38-29(32-24)21-7-5-9-23(28(21)35)31-15-20-13-18(14-25(27(20)34)33(36)37)12-19-6-3-4-8-22(19)30/h3-11,13-15,34-35H,12H2,1-2H3. The molecule has 0 aliphatic carbocycles. The van der Waals surface area contributed by atoms with Crippen molar-refractivity contribution in [1.29, 1.82) is 0 Å². The number of hydrogen-bond acceptors (Lipinski definition) is 7. The number of oxazole rings is 1. The van der Waals surface area contributed by atoms with Crippen LogP contribution in [0.2, 0.25) is 5.02 Å². The van der Waals surface area contributed by atoms with Crippen LogP contribution in [0.3, 0.4) is 0 Å². The van der Waals surface area contributed by atoms with E-state index in [-0.39, 0.29) is 22.9 Å². The summed E-state index contributed by atoms with van der Waals surface area (Å²) in [6.07, 6.45) is 1.59. The molecule has 0 aliphatic heterocycles. The predicted octanol–water partition coefficient (Wildman–Crippen LogP) is 7.43. The third kappa shape index (κ3) is 4.81. The van der Waals surface area contributed by atoms with E-state index in [1.165, 1.54) is 12.3 Å². The average Bonchev–Trinajstić information content (AvgIpc) is 3.28. The smallest absolute Gasteiger partial charge is 0.311 e. The maximum Gasteiger partial charge on any atom is 0.311 e. The van der Waals surface area contributed by atoms with Crippen LogP contribution in [0.15, 0.2) is 76.1 Å². The Morgan fingerprint density at radius 1 is 1.03 bits per heavy atom. The predicted molar refractivity (Wildman–Crippen MR) is 147 cm³/mol. The number of halogens is 1. The van der Waals surface area contributed by atoms with Gasteiger partial charge in [-0.05, 0) is 78.9 Å². The van der Waals surface area contributed by atoms with Crippen molar-refractivity contribution < 1.29 is 19.6 Å². The topological polar surface area (TPSA) is 122 Å². The molecule has 0 unspecified atom stereocenters. The van der Waals surface area contributed by atoms with Gasteiger partial charge in [0.2, 0.25) is 11.6 Å². The normalized spacial score (nSPS) is 11.4. The molecule has 1 heterocycles. The molecule has 0 fully saturated rings. The highest BCUT2D eigenvalue weighted by Gasteiger charge is 2.20. The van der Waals surface area contributed by atoms with E-state index in [1.54, 1.807) is 36.4 Å². The number of aryl methyl sites for hydroxylation is 2. The van der Waals surface area contributed by atoms with E-state index in [9.17, 15) is 20.3 Å². The van der Waals surface area contributed by atoms with Crippen LogP contribution < -0.4 is 0 Å². The highest BCUT2D eigenvalue weighted by atomic mass is 35.5. The van der Waals surface area contributed by atoms with Crippen molar-refractivity contribution in [3.8, 4) is 23.0 Å². The van der Waals surface area contributed by atoms with Gasteiger partial charge >= 0.3 is 5.69 Å². The Bertz CT molecular complexity index is 1700. The summed E-state index contributed by atoms with van der Waals surface area (Å²) in [4.78, 5) is 19.8. The molecule has 5 rings (SSSR count). The monoisotopic (exact) mass is 527 g/mol. The molecule has 0 aliphatic rings. The second-order valence-electron chi connectivity index (χ2n) is 8.93. The molecule has 0 radical (unpaired) electrons. The van der Waals surface area contributed by atoms with Gasteiger partial charge in [0, 0.05) is 22.9 Å². The lowest BCUT2D eigenvalue weighted by Crippen LogP contribution is -1.97. The summed E-state index contributed by atoms with van der Waals surface area (Å²) in [6.45, 7) is 3.96. The molecule has 0 saturated heterocycles. The minimum absolute atomic E-state index is 0.124. The van der Waals surface area contributed by atoms with E-state index >= 15 is 0 Å². The lowest BCUT2D eigenvalue weighted by Gasteiger charge is -2.08. The van der Waals surface area contributed by atoms with Gasteiger partial charge in [0.25, 0.3) is 0 Å². The van der Waals surface area contributed by atoms with Crippen molar-refractivity contribution in [2.24, 2.45) is 4.99 Å². The van der Waals surface area contributed by atoms with Crippen molar-refractivity contribution in [2.75, 3.05) is 0 Å². The first kappa shape index (κ1) is 25.0. The van der Waals surface area contributed by atoms with Crippen LogP contribution >= 0.6 is 11.6 Å². The van der Waals surface area contributed by atoms with Gasteiger partial charge in [0.05, 0.1) is 10.5 Å². The fourth-order valence-electron chi connectivity index (χ4n) is 4.15. The highest BCUT2D eigenvalue weighted by molar-refractivity contribution is 6.31. The number of fused-ring (bicyclic) bond motifs is 1. The quantitative estimate of drug-likeness (QED) is 0.134. The summed E-state index contributed by atoms with van der Waals surface area (Å²) in [5.41, 5.74) is 4.95. The fourth-order valence-corrected chi connectivity index (χ4v) is 4.35. The molecule has 190 valence electrons. The summed E-state index contributed by atoms with van der Waals surface area (Å²) in [7, 11) is 0. The zero-order chi connectivity index (χ0) is 27.0. The Balaban J connectivity index is 1.52. The van der Waals surface area contributed by atoms with Gasteiger partial charge in [-0.25, -0.2) is 4.98 Å². The number of nitro groups is 1. The fraction of sp³-hybridized carbons (Fsp3) is 0.103. The maximum atomic E-state index is 11.6. The van der Waals surface area contributed by atoms with Crippen LogP contribution in [0.5, 0.6) is 11.5 Å². The number of aromatic nitrogens is 1. The number of benzene rings is 4. The first-order valence-corrected chi connectivity index (χ1v) is 12.1. The van der Waals surface area contributed by atoms with Gasteiger partial charge in [-0.2, -0.15) is 0 Å². The molecule has 1 aromatic heterocycles. The number of hydrogen-bond donors (Lipinski definition) is 2. The minimum atomic E-state index is -0.655. The number of phenolic OH excluding ortho intramolecular Hbond substituents is 2. The zero-order valence-corrected chi connectivity index (χ0v) is 21.2. The van der Waals surface area contributed by atoms with E-state index in [0.29, 0.717) is 33.7 Å². The highest BCUT2D eigenvalue weighted by Crippen LogP contribution is 2.39. The van der Waals surface area contributed by atoms with Crippen LogP contribution in [0.25, 0.3) is 22.6 Å². The summed E-state index contributed by atoms with van der Waals surface area (Å²) < 4.78 is 5.88. The van der Waals surface area contributed by atoms with Gasteiger partial charge < -0.3 is 14.6 Å². The second kappa shape index (κ2) is 9.99. The largest absolute Gasteiger partial charge is 0.505 e. The van der Waals surface area contributed by atoms with E-state index in [1.807, 2.05) is 38.1 Å². The van der Waals surface area contributed by atoms with Gasteiger partial charge in [0.1, 0.15) is 11.2 Å². The molecule has 5 aromatic rings. The number of nitrogens with zero attached hydrogens (tertiary/aromatic N) is 3. The van der Waals surface area contributed by atoms with Crippen molar-refractivity contribution in [1.82, 2.24) is 4.98 Å². The summed E-state index contributed by atoms with van der Waals surface area (Å²) >= 11 is 6.26. The molecule has 8 nitrogen and oxygen atoms in total. The Labute approximate surface area is 222 Å². The number of rotatable bonds is 6. The number of aromatic hydroxyl groups is 2. The van der Waals surface area contributed by atoms with Crippen LogP contribution in [0.4, 0.5) is 11.4 Å². The molecule has 0 spiro atoms. The summed E-state index contributed by atoms with van der Waals surface area (Å²) in [5, 5.41) is 33.7. The third-order valence-electron chi connectivity index (χ3n) is 6.32. The molecule has 4 aromatic carbocycles. The van der Waals surface area contributed by atoms with Crippen molar-refractivity contribution in [3.63, 3.8) is 0 Å². The van der Waals surface area contributed by atoms with Crippen molar-refractivity contribution in [3.05, 3.63) is 110 Å². The van der Waals surface area contributed by atoms with E-state index < -0.39 is 16.4 Å². The lowest BCUT2D eigenvalue weighted by molar-refractivity contribution is -0.385. The minimum Gasteiger partial charge on any atom is -0.505 e. The van der Waals surface area contributed by atoms with Crippen LogP contribution in [-0.4, -0.2) is 26.3 Å². The molecule has 0 amide bonds. The molecule has 2 N–H and O–H groups in total. The van der Waals surface area contributed by atoms with E-state index in [4.69, 9.17) is 16.0 Å². The molecular formula is C29H22ClN3O5. The zero-order valence-electron chi connectivity index (χ0n) is 20.5. The van der Waals surface area contributed by atoms with Gasteiger partial charge in [0.15, 0.2) is 11.3 Å². The molecule has 0 saturated carbocycles. The van der Waals surface area contributed by atoms with Gasteiger partial charge in [-0.15, -0.1) is 0 Å². The first-order chi connectivity index (χ1) is 18.2. The SMILES string of the molecule is Cc1cc2nc(-c3cccc(N=Cc4cc(Cc5ccccc5Cl)cc([N+](=O)[O-])c4O)c3O)oc2cc1C. The Morgan fingerprint density at radius 3 is 2.55 bits per heavy atom. The van der Waals surface area contributed by atoms with Crippen molar-refractivity contribution >= 4 is 40.3 Å². The molecule has 0 atom stereocenters. The number of aliphatic imine (C=N–C) groups is 1. The van der Waals surface area contributed by atoms with E-state index in [2.05, 4.69) is 9.98 Å². The molecule has 38 heavy (non-hydrogen) atoms.